The van der Waals surface area contributed by atoms with Crippen LogP contribution in [0.15, 0.2) is 28.7 Å². The highest BCUT2D eigenvalue weighted by Gasteiger charge is 2.24. The lowest BCUT2D eigenvalue weighted by molar-refractivity contribution is 0.103. The molecule has 0 radical (unpaired) electrons. The van der Waals surface area contributed by atoms with E-state index >= 15 is 0 Å². The van der Waals surface area contributed by atoms with Crippen LogP contribution < -0.4 is 10.5 Å². The van der Waals surface area contributed by atoms with Crippen molar-refractivity contribution in [2.75, 3.05) is 12.3 Å². The average Bonchev–Trinajstić information content (AvgIpc) is 2.89. The van der Waals surface area contributed by atoms with Crippen LogP contribution in [0.25, 0.3) is 0 Å². The van der Waals surface area contributed by atoms with Crippen LogP contribution in [0.4, 0.5) is 5.69 Å². The van der Waals surface area contributed by atoms with E-state index in [0.29, 0.717) is 34.2 Å². The number of nitrogens with two attached hydrogens (primary N) is 1. The first-order valence-electron chi connectivity index (χ1n) is 6.53. The van der Waals surface area contributed by atoms with Gasteiger partial charge in [0.05, 0.1) is 12.2 Å². The van der Waals surface area contributed by atoms with Crippen molar-refractivity contribution in [3.8, 4) is 5.75 Å². The topological polar surface area (TPSA) is 52.3 Å². The Bertz CT molecular complexity index is 758. The van der Waals surface area contributed by atoms with E-state index in [-0.39, 0.29) is 5.78 Å². The highest BCUT2D eigenvalue weighted by Crippen LogP contribution is 2.35. The molecular formula is C16H13BrClNO2. The van der Waals surface area contributed by atoms with Gasteiger partial charge in [-0.05, 0) is 42.3 Å². The zero-order valence-corrected chi connectivity index (χ0v) is 13.7. The minimum Gasteiger partial charge on any atom is -0.492 e. The summed E-state index contributed by atoms with van der Waals surface area (Å²) in [5, 5.41) is 0.545. The molecule has 0 saturated carbocycles. The molecule has 0 fully saturated rings. The van der Waals surface area contributed by atoms with Crippen LogP contribution in [-0.2, 0) is 6.42 Å². The summed E-state index contributed by atoms with van der Waals surface area (Å²) in [7, 11) is 0. The van der Waals surface area contributed by atoms with Gasteiger partial charge in [0.15, 0.2) is 5.78 Å². The standard InChI is InChI=1S/C16H13BrClNO2/c1-8-12(5-10(17)6-14(8)19)15(20)13-7-11(18)4-9-2-3-21-16(9)13/h4-7H,2-3,19H2,1H3. The van der Waals surface area contributed by atoms with Gasteiger partial charge in [0.2, 0.25) is 0 Å². The molecule has 0 bridgehead atoms. The number of nitrogen functional groups attached to an aromatic ring is 1. The third-order valence-corrected chi connectivity index (χ3v) is 4.33. The number of ether oxygens (including phenoxy) is 1. The largest absolute Gasteiger partial charge is 0.492 e. The van der Waals surface area contributed by atoms with Crippen LogP contribution in [0, 0.1) is 6.92 Å². The summed E-state index contributed by atoms with van der Waals surface area (Å²) < 4.78 is 6.38. The molecule has 0 aromatic heterocycles. The van der Waals surface area contributed by atoms with Gasteiger partial charge in [0.1, 0.15) is 5.75 Å². The first-order valence-corrected chi connectivity index (χ1v) is 7.70. The summed E-state index contributed by atoms with van der Waals surface area (Å²) in [6.07, 6.45) is 0.774. The van der Waals surface area contributed by atoms with E-state index in [0.717, 1.165) is 22.0 Å². The molecule has 1 heterocycles. The van der Waals surface area contributed by atoms with Crippen molar-refractivity contribution in [3.63, 3.8) is 0 Å². The minimum absolute atomic E-state index is 0.124. The second kappa shape index (κ2) is 5.35. The third-order valence-electron chi connectivity index (χ3n) is 3.65. The first-order chi connectivity index (χ1) is 9.97. The summed E-state index contributed by atoms with van der Waals surface area (Å²) in [6.45, 7) is 2.41. The molecule has 2 aromatic rings. The van der Waals surface area contributed by atoms with Crippen molar-refractivity contribution < 1.29 is 9.53 Å². The molecule has 0 amide bonds. The maximum absolute atomic E-state index is 12.9. The van der Waals surface area contributed by atoms with Crippen LogP contribution in [0.2, 0.25) is 5.02 Å². The van der Waals surface area contributed by atoms with Crippen LogP contribution in [0.3, 0.4) is 0 Å². The number of halogens is 2. The van der Waals surface area contributed by atoms with Gasteiger partial charge in [0, 0.05) is 27.2 Å². The lowest BCUT2D eigenvalue weighted by Crippen LogP contribution is -2.08. The molecule has 0 saturated heterocycles. The lowest BCUT2D eigenvalue weighted by atomic mass is 9.96. The summed E-state index contributed by atoms with van der Waals surface area (Å²) in [5.74, 6) is 0.517. The van der Waals surface area contributed by atoms with Gasteiger partial charge < -0.3 is 10.5 Å². The van der Waals surface area contributed by atoms with Crippen molar-refractivity contribution in [2.45, 2.75) is 13.3 Å². The summed E-state index contributed by atoms with van der Waals surface area (Å²) >= 11 is 9.50. The fourth-order valence-electron chi connectivity index (χ4n) is 2.52. The maximum Gasteiger partial charge on any atom is 0.197 e. The van der Waals surface area contributed by atoms with Crippen molar-refractivity contribution >= 4 is 39.0 Å². The smallest absolute Gasteiger partial charge is 0.197 e. The van der Waals surface area contributed by atoms with Gasteiger partial charge in [0.25, 0.3) is 0 Å². The number of anilines is 1. The Labute approximate surface area is 136 Å². The lowest BCUT2D eigenvalue weighted by Gasteiger charge is -2.12. The number of hydrogen-bond acceptors (Lipinski definition) is 3. The van der Waals surface area contributed by atoms with Crippen LogP contribution >= 0.6 is 27.5 Å². The monoisotopic (exact) mass is 365 g/mol. The molecule has 0 atom stereocenters. The number of fused-ring (bicyclic) bond motifs is 1. The normalized spacial score (nSPS) is 12.9. The van der Waals surface area contributed by atoms with E-state index in [1.165, 1.54) is 0 Å². The summed E-state index contributed by atoms with van der Waals surface area (Å²) in [6, 6.07) is 7.06. The van der Waals surface area contributed by atoms with E-state index in [2.05, 4.69) is 15.9 Å². The van der Waals surface area contributed by atoms with Gasteiger partial charge in [-0.25, -0.2) is 0 Å². The number of carbonyl (C=O) groups is 1. The second-order valence-corrected chi connectivity index (χ2v) is 6.39. The van der Waals surface area contributed by atoms with Gasteiger partial charge in [-0.1, -0.05) is 27.5 Å². The Kier molecular flexibility index (Phi) is 3.68. The Morgan fingerprint density at radius 1 is 1.29 bits per heavy atom. The van der Waals surface area contributed by atoms with Crippen molar-refractivity contribution in [3.05, 3.63) is 56.0 Å². The average molecular weight is 367 g/mol. The highest BCUT2D eigenvalue weighted by atomic mass is 79.9. The molecule has 3 rings (SSSR count). The number of carbonyl (C=O) groups excluding carboxylic acids is 1. The van der Waals surface area contributed by atoms with Crippen LogP contribution in [0.1, 0.15) is 27.0 Å². The second-order valence-electron chi connectivity index (χ2n) is 5.04. The first kappa shape index (κ1) is 14.4. The molecule has 2 N–H and O–H groups in total. The van der Waals surface area contributed by atoms with Gasteiger partial charge in [-0.2, -0.15) is 0 Å². The predicted molar refractivity (Wildman–Crippen MR) is 87.4 cm³/mol. The third kappa shape index (κ3) is 2.54. The van der Waals surface area contributed by atoms with Crippen molar-refractivity contribution in [1.29, 1.82) is 0 Å². The molecule has 1 aliphatic rings. The van der Waals surface area contributed by atoms with Gasteiger partial charge >= 0.3 is 0 Å². The van der Waals surface area contributed by atoms with Crippen molar-refractivity contribution in [1.82, 2.24) is 0 Å². The molecule has 0 aliphatic carbocycles. The number of ketones is 1. The quantitative estimate of drug-likeness (QED) is 0.641. The van der Waals surface area contributed by atoms with E-state index in [1.54, 1.807) is 18.2 Å². The van der Waals surface area contributed by atoms with E-state index in [4.69, 9.17) is 22.1 Å². The number of benzene rings is 2. The Balaban J connectivity index is 2.16. The molecule has 0 spiro atoms. The number of rotatable bonds is 2. The minimum atomic E-state index is -0.124. The predicted octanol–water partition coefficient (Wildman–Crippen LogP) is 4.16. The van der Waals surface area contributed by atoms with Crippen LogP contribution in [-0.4, -0.2) is 12.4 Å². The zero-order valence-electron chi connectivity index (χ0n) is 11.4. The van der Waals surface area contributed by atoms with E-state index < -0.39 is 0 Å². The molecule has 1 aliphatic heterocycles. The van der Waals surface area contributed by atoms with E-state index in [1.807, 2.05) is 13.0 Å². The molecule has 3 nitrogen and oxygen atoms in total. The molecular weight excluding hydrogens is 354 g/mol. The van der Waals surface area contributed by atoms with E-state index in [9.17, 15) is 4.79 Å². The molecule has 2 aromatic carbocycles. The van der Waals surface area contributed by atoms with Gasteiger partial charge in [-0.15, -0.1) is 0 Å². The number of hydrogen-bond donors (Lipinski definition) is 1. The maximum atomic E-state index is 12.9. The molecule has 108 valence electrons. The Hall–Kier alpha value is -1.52. The zero-order chi connectivity index (χ0) is 15.1. The highest BCUT2D eigenvalue weighted by molar-refractivity contribution is 9.10. The Morgan fingerprint density at radius 3 is 2.81 bits per heavy atom. The van der Waals surface area contributed by atoms with Gasteiger partial charge in [-0.3, -0.25) is 4.79 Å². The SMILES string of the molecule is Cc1c(N)cc(Br)cc1C(=O)c1cc(Cl)cc2c1OCC2. The Morgan fingerprint density at radius 2 is 2.05 bits per heavy atom. The molecule has 0 unspecified atom stereocenters. The van der Waals surface area contributed by atoms with Crippen LogP contribution in [0.5, 0.6) is 5.75 Å². The molecule has 5 heteroatoms. The fraction of sp³-hybridized carbons (Fsp3) is 0.188. The van der Waals surface area contributed by atoms with Crippen molar-refractivity contribution in [2.24, 2.45) is 0 Å². The molecule has 21 heavy (non-hydrogen) atoms. The summed E-state index contributed by atoms with van der Waals surface area (Å²) in [5.41, 5.74) is 9.31. The fourth-order valence-corrected chi connectivity index (χ4v) is 3.24. The summed E-state index contributed by atoms with van der Waals surface area (Å²) in [4.78, 5) is 12.9.